The summed E-state index contributed by atoms with van der Waals surface area (Å²) in [7, 11) is 0. The number of hydrogen-bond donors (Lipinski definition) is 1. The van der Waals surface area contributed by atoms with Crippen LogP contribution < -0.4 is 0 Å². The Bertz CT molecular complexity index is 676. The first-order valence-corrected chi connectivity index (χ1v) is 8.50. The molecule has 0 saturated heterocycles. The maximum atomic E-state index is 12.9. The van der Waals surface area contributed by atoms with Gasteiger partial charge in [0.05, 0.1) is 0 Å². The maximum Gasteiger partial charge on any atom is 0.226 e. The molecule has 1 aromatic heterocycles. The fraction of sp³-hybridized carbons (Fsp3) is 0.500. The Labute approximate surface area is 136 Å². The lowest BCUT2D eigenvalue weighted by Crippen LogP contribution is -2.34. The largest absolute Gasteiger partial charge is 0.335 e. The van der Waals surface area contributed by atoms with Crippen LogP contribution in [0, 0.1) is 5.92 Å². The topological polar surface area (TPSA) is 61.9 Å². The molecule has 2 fully saturated rings. The Balaban J connectivity index is 1.44. The van der Waals surface area contributed by atoms with Crippen LogP contribution in [0.25, 0.3) is 0 Å². The highest BCUT2D eigenvalue weighted by Gasteiger charge is 2.49. The van der Waals surface area contributed by atoms with Crippen molar-refractivity contribution in [3.63, 3.8) is 0 Å². The number of nitrogens with one attached hydrogen (secondary N) is 1. The SMILES string of the molecule is CCc1ccc(CN(C(=O)[C@@H]2C[C@@H]2c2ncn[nH]2)C2CC2)cc1. The van der Waals surface area contributed by atoms with E-state index in [0.717, 1.165) is 38.1 Å². The van der Waals surface area contributed by atoms with Crippen LogP contribution in [0.5, 0.6) is 0 Å². The number of aromatic amines is 1. The van der Waals surface area contributed by atoms with Crippen LogP contribution >= 0.6 is 0 Å². The number of benzene rings is 1. The summed E-state index contributed by atoms with van der Waals surface area (Å²) in [5.74, 6) is 1.45. The molecule has 0 unspecified atom stereocenters. The monoisotopic (exact) mass is 310 g/mol. The van der Waals surface area contributed by atoms with Crippen molar-refractivity contribution in [2.75, 3.05) is 0 Å². The summed E-state index contributed by atoms with van der Waals surface area (Å²) in [6.07, 6.45) is 5.73. The number of hydrogen-bond acceptors (Lipinski definition) is 3. The van der Waals surface area contributed by atoms with E-state index in [1.807, 2.05) is 0 Å². The minimum atomic E-state index is 0.0819. The molecule has 2 aliphatic carbocycles. The summed E-state index contributed by atoms with van der Waals surface area (Å²) in [5.41, 5.74) is 2.56. The summed E-state index contributed by atoms with van der Waals surface area (Å²) in [6, 6.07) is 9.08. The van der Waals surface area contributed by atoms with Crippen LogP contribution in [0.1, 0.15) is 49.1 Å². The number of aryl methyl sites for hydroxylation is 1. The first-order chi connectivity index (χ1) is 11.3. The first-order valence-electron chi connectivity index (χ1n) is 8.50. The van der Waals surface area contributed by atoms with E-state index < -0.39 is 0 Å². The lowest BCUT2D eigenvalue weighted by Gasteiger charge is -2.23. The normalized spacial score (nSPS) is 22.8. The Morgan fingerprint density at radius 2 is 2.00 bits per heavy atom. The minimum absolute atomic E-state index is 0.0819. The summed E-state index contributed by atoms with van der Waals surface area (Å²) in [4.78, 5) is 19.2. The van der Waals surface area contributed by atoms with E-state index in [4.69, 9.17) is 0 Å². The zero-order valence-electron chi connectivity index (χ0n) is 13.4. The van der Waals surface area contributed by atoms with E-state index in [-0.39, 0.29) is 17.7 Å². The molecule has 23 heavy (non-hydrogen) atoms. The molecule has 0 spiro atoms. The smallest absolute Gasteiger partial charge is 0.226 e. The number of rotatable bonds is 6. The molecule has 2 atom stereocenters. The molecule has 120 valence electrons. The maximum absolute atomic E-state index is 12.9. The standard InChI is InChI=1S/C18H22N4O/c1-2-12-3-5-13(6-4-12)10-22(14-7-8-14)18(23)16-9-15(16)17-19-11-20-21-17/h3-6,11,14-16H,2,7-10H2,1H3,(H,19,20,21)/t15-,16+/m0/s1. The fourth-order valence-electron chi connectivity index (χ4n) is 3.23. The Morgan fingerprint density at radius 1 is 1.26 bits per heavy atom. The van der Waals surface area contributed by atoms with Gasteiger partial charge in [-0.15, -0.1) is 0 Å². The number of aromatic nitrogens is 3. The summed E-state index contributed by atoms with van der Waals surface area (Å²) < 4.78 is 0. The average molecular weight is 310 g/mol. The van der Waals surface area contributed by atoms with Gasteiger partial charge in [-0.2, -0.15) is 5.10 Å². The van der Waals surface area contributed by atoms with Crippen molar-refractivity contribution in [2.24, 2.45) is 5.92 Å². The van der Waals surface area contributed by atoms with E-state index in [2.05, 4.69) is 51.3 Å². The second-order valence-electron chi connectivity index (χ2n) is 6.69. The number of amides is 1. The van der Waals surface area contributed by atoms with Crippen LogP contribution in [-0.4, -0.2) is 32.0 Å². The molecule has 0 bridgehead atoms. The molecule has 2 saturated carbocycles. The zero-order valence-corrected chi connectivity index (χ0v) is 13.4. The van der Waals surface area contributed by atoms with Crippen LogP contribution in [0.15, 0.2) is 30.6 Å². The molecule has 0 radical (unpaired) electrons. The third-order valence-corrected chi connectivity index (χ3v) is 4.95. The number of H-pyrrole nitrogens is 1. The second-order valence-corrected chi connectivity index (χ2v) is 6.69. The van der Waals surface area contributed by atoms with Gasteiger partial charge in [0.15, 0.2) is 0 Å². The van der Waals surface area contributed by atoms with Crippen molar-refractivity contribution in [3.8, 4) is 0 Å². The summed E-state index contributed by atoms with van der Waals surface area (Å²) in [5, 5.41) is 6.79. The van der Waals surface area contributed by atoms with Crippen molar-refractivity contribution in [2.45, 2.75) is 51.1 Å². The molecule has 2 aromatic rings. The number of carbonyl (C=O) groups is 1. The molecule has 1 aromatic carbocycles. The highest BCUT2D eigenvalue weighted by molar-refractivity contribution is 5.83. The molecule has 1 amide bonds. The third kappa shape index (κ3) is 3.00. The van der Waals surface area contributed by atoms with Crippen LogP contribution in [0.4, 0.5) is 0 Å². The lowest BCUT2D eigenvalue weighted by molar-refractivity contribution is -0.133. The average Bonchev–Trinajstić information content (AvgIpc) is 3.51. The first kappa shape index (κ1) is 14.4. The van der Waals surface area contributed by atoms with Crippen molar-refractivity contribution in [3.05, 3.63) is 47.5 Å². The molecule has 1 N–H and O–H groups in total. The van der Waals surface area contributed by atoms with Gasteiger partial charge in [0, 0.05) is 24.4 Å². The van der Waals surface area contributed by atoms with E-state index in [1.54, 1.807) is 0 Å². The molecule has 5 heteroatoms. The second kappa shape index (κ2) is 5.80. The van der Waals surface area contributed by atoms with E-state index in [0.29, 0.717) is 6.04 Å². The van der Waals surface area contributed by atoms with Gasteiger partial charge in [0.25, 0.3) is 0 Å². The van der Waals surface area contributed by atoms with Gasteiger partial charge in [-0.1, -0.05) is 31.2 Å². The fourth-order valence-corrected chi connectivity index (χ4v) is 3.23. The van der Waals surface area contributed by atoms with Gasteiger partial charge in [-0.05, 0) is 36.8 Å². The molecule has 5 nitrogen and oxygen atoms in total. The van der Waals surface area contributed by atoms with Crippen molar-refractivity contribution < 1.29 is 4.79 Å². The quantitative estimate of drug-likeness (QED) is 0.892. The molecule has 4 rings (SSSR count). The van der Waals surface area contributed by atoms with Gasteiger partial charge < -0.3 is 4.90 Å². The molecule has 0 aliphatic heterocycles. The molecular weight excluding hydrogens is 288 g/mol. The highest BCUT2D eigenvalue weighted by atomic mass is 16.2. The molecular formula is C18H22N4O. The molecule has 1 heterocycles. The third-order valence-electron chi connectivity index (χ3n) is 4.95. The number of nitrogens with zero attached hydrogens (tertiary/aromatic N) is 3. The van der Waals surface area contributed by atoms with E-state index in [9.17, 15) is 4.79 Å². The van der Waals surface area contributed by atoms with Gasteiger partial charge >= 0.3 is 0 Å². The summed E-state index contributed by atoms with van der Waals surface area (Å²) >= 11 is 0. The molecule has 2 aliphatic rings. The minimum Gasteiger partial charge on any atom is -0.335 e. The number of carbonyl (C=O) groups excluding carboxylic acids is 1. The van der Waals surface area contributed by atoms with Crippen molar-refractivity contribution in [1.82, 2.24) is 20.1 Å². The van der Waals surface area contributed by atoms with Gasteiger partial charge in [-0.25, -0.2) is 4.98 Å². The highest BCUT2D eigenvalue weighted by Crippen LogP contribution is 2.48. The Hall–Kier alpha value is -2.17. The summed E-state index contributed by atoms with van der Waals surface area (Å²) in [6.45, 7) is 2.89. The van der Waals surface area contributed by atoms with Crippen LogP contribution in [0.3, 0.4) is 0 Å². The van der Waals surface area contributed by atoms with E-state index >= 15 is 0 Å². The van der Waals surface area contributed by atoms with Gasteiger partial charge in [0.2, 0.25) is 5.91 Å². The zero-order chi connectivity index (χ0) is 15.8. The van der Waals surface area contributed by atoms with Crippen molar-refractivity contribution >= 4 is 5.91 Å². The predicted octanol–water partition coefficient (Wildman–Crippen LogP) is 2.66. The van der Waals surface area contributed by atoms with Gasteiger partial charge in [0.1, 0.15) is 12.2 Å². The van der Waals surface area contributed by atoms with Crippen molar-refractivity contribution in [1.29, 1.82) is 0 Å². The van der Waals surface area contributed by atoms with Gasteiger partial charge in [-0.3, -0.25) is 9.89 Å². The van der Waals surface area contributed by atoms with E-state index in [1.165, 1.54) is 17.5 Å². The van der Waals surface area contributed by atoms with Crippen LogP contribution in [0.2, 0.25) is 0 Å². The Morgan fingerprint density at radius 3 is 2.61 bits per heavy atom. The van der Waals surface area contributed by atoms with Crippen LogP contribution in [-0.2, 0) is 17.8 Å². The lowest BCUT2D eigenvalue weighted by atomic mass is 10.1. The predicted molar refractivity (Wildman–Crippen MR) is 86.6 cm³/mol. The Kier molecular flexibility index (Phi) is 3.63.